The number of aryl methyl sites for hydroxylation is 1. The second-order valence-corrected chi connectivity index (χ2v) is 9.90. The van der Waals surface area contributed by atoms with Gasteiger partial charge in [0.05, 0.1) is 37.4 Å². The van der Waals surface area contributed by atoms with Gasteiger partial charge < -0.3 is 18.8 Å². The second kappa shape index (κ2) is 11.9. The molecular formula is C30H29F2N5O4. The van der Waals surface area contributed by atoms with Gasteiger partial charge in [-0.05, 0) is 56.3 Å². The smallest absolute Gasteiger partial charge is 0.338 e. The number of imidazole rings is 1. The van der Waals surface area contributed by atoms with Crippen LogP contribution in [0.1, 0.15) is 51.8 Å². The van der Waals surface area contributed by atoms with Crippen LogP contribution in [0.5, 0.6) is 11.6 Å². The number of fused-ring (bicyclic) bond motifs is 1. The van der Waals surface area contributed by atoms with Gasteiger partial charge in [-0.25, -0.2) is 23.5 Å². The summed E-state index contributed by atoms with van der Waals surface area (Å²) in [5.74, 6) is 0.00565. The number of likely N-dealkylation sites (tertiary alicyclic amines) is 1. The molecule has 3 heterocycles. The molecule has 1 saturated heterocycles. The minimum atomic E-state index is -0.787. The number of benzene rings is 2. The van der Waals surface area contributed by atoms with Crippen LogP contribution in [0.25, 0.3) is 11.0 Å². The number of carbonyl (C=O) groups excluding carboxylic acids is 1. The SMILES string of the molecule is COC(=O)c1cc(OC)c2nc(CN3CCC(c4cccc(OCc5cc(F)c(C#N)cc5F)n4)CC3)n(C)c2c1. The van der Waals surface area contributed by atoms with Crippen LogP contribution in [0.15, 0.2) is 42.5 Å². The molecule has 212 valence electrons. The minimum absolute atomic E-state index is 0.0168. The van der Waals surface area contributed by atoms with Crippen LogP contribution in [0, 0.1) is 23.0 Å². The van der Waals surface area contributed by atoms with E-state index >= 15 is 0 Å². The molecule has 1 aliphatic heterocycles. The quantitative estimate of drug-likeness (QED) is 0.281. The summed E-state index contributed by atoms with van der Waals surface area (Å²) in [5, 5.41) is 8.86. The van der Waals surface area contributed by atoms with Crippen molar-refractivity contribution in [1.82, 2.24) is 19.4 Å². The van der Waals surface area contributed by atoms with Crippen molar-refractivity contribution in [2.24, 2.45) is 7.05 Å². The highest BCUT2D eigenvalue weighted by Gasteiger charge is 2.24. The van der Waals surface area contributed by atoms with Gasteiger partial charge >= 0.3 is 5.97 Å². The number of piperidine rings is 1. The van der Waals surface area contributed by atoms with Crippen molar-refractivity contribution >= 4 is 17.0 Å². The van der Waals surface area contributed by atoms with Crippen molar-refractivity contribution < 1.29 is 27.8 Å². The van der Waals surface area contributed by atoms with Crippen molar-refractivity contribution in [1.29, 1.82) is 5.26 Å². The molecule has 0 amide bonds. The Hall–Kier alpha value is -4.56. The summed E-state index contributed by atoms with van der Waals surface area (Å²) in [7, 11) is 4.82. The van der Waals surface area contributed by atoms with Crippen molar-refractivity contribution in [2.45, 2.75) is 31.9 Å². The highest BCUT2D eigenvalue weighted by Crippen LogP contribution is 2.31. The van der Waals surface area contributed by atoms with E-state index in [1.807, 2.05) is 23.7 Å². The van der Waals surface area contributed by atoms with Gasteiger partial charge in [-0.15, -0.1) is 0 Å². The van der Waals surface area contributed by atoms with Gasteiger partial charge in [0.25, 0.3) is 0 Å². The molecule has 0 unspecified atom stereocenters. The number of nitriles is 1. The average molecular weight is 562 g/mol. The van der Waals surface area contributed by atoms with Crippen molar-refractivity contribution in [3.8, 4) is 17.7 Å². The molecule has 5 rings (SSSR count). The van der Waals surface area contributed by atoms with Crippen LogP contribution >= 0.6 is 0 Å². The fourth-order valence-electron chi connectivity index (χ4n) is 5.10. The van der Waals surface area contributed by atoms with E-state index in [9.17, 15) is 13.6 Å². The first-order valence-electron chi connectivity index (χ1n) is 13.1. The van der Waals surface area contributed by atoms with Crippen LogP contribution in [0.2, 0.25) is 0 Å². The molecule has 0 radical (unpaired) electrons. The van der Waals surface area contributed by atoms with Gasteiger partial charge in [-0.3, -0.25) is 4.90 Å². The van der Waals surface area contributed by atoms with E-state index in [-0.39, 0.29) is 23.7 Å². The molecule has 2 aromatic carbocycles. The molecule has 1 aliphatic rings. The number of nitrogens with zero attached hydrogens (tertiary/aromatic N) is 5. The van der Waals surface area contributed by atoms with E-state index in [4.69, 9.17) is 24.5 Å². The normalized spacial score (nSPS) is 14.1. The lowest BCUT2D eigenvalue weighted by Crippen LogP contribution is -2.33. The van der Waals surface area contributed by atoms with E-state index in [1.54, 1.807) is 31.4 Å². The summed E-state index contributed by atoms with van der Waals surface area (Å²) < 4.78 is 46.1. The van der Waals surface area contributed by atoms with E-state index < -0.39 is 17.6 Å². The Morgan fingerprint density at radius 3 is 2.59 bits per heavy atom. The third kappa shape index (κ3) is 5.83. The molecule has 11 heteroatoms. The van der Waals surface area contributed by atoms with Gasteiger partial charge in [-0.1, -0.05) is 6.07 Å². The first kappa shape index (κ1) is 28.0. The van der Waals surface area contributed by atoms with Crippen LogP contribution < -0.4 is 9.47 Å². The maximum Gasteiger partial charge on any atom is 0.338 e. The lowest BCUT2D eigenvalue weighted by atomic mass is 9.93. The maximum absolute atomic E-state index is 14.2. The standard InChI is InChI=1S/C30H29F2N5O4/c1-36-25-13-19(30(38)40-3)14-26(39-2)29(25)35-27(36)16-37-9-7-18(8-10-37)24-5-4-6-28(34-24)41-17-21-12-22(31)20(15-33)11-23(21)32/h4-6,11-14,18H,7-10,16-17H2,1-3H3. The van der Waals surface area contributed by atoms with E-state index in [1.165, 1.54) is 7.11 Å². The number of esters is 1. The fraction of sp³-hybridized carbons (Fsp3) is 0.333. The Morgan fingerprint density at radius 1 is 1.10 bits per heavy atom. The number of halogens is 2. The van der Waals surface area contributed by atoms with Crippen LogP contribution in [0.4, 0.5) is 8.78 Å². The number of rotatable bonds is 8. The zero-order chi connectivity index (χ0) is 29.1. The number of ether oxygens (including phenoxy) is 3. The highest BCUT2D eigenvalue weighted by atomic mass is 19.1. The van der Waals surface area contributed by atoms with Crippen LogP contribution in [0.3, 0.4) is 0 Å². The molecule has 1 fully saturated rings. The molecule has 41 heavy (non-hydrogen) atoms. The Bertz CT molecular complexity index is 1640. The van der Waals surface area contributed by atoms with Crippen molar-refractivity contribution in [2.75, 3.05) is 27.3 Å². The Morgan fingerprint density at radius 2 is 1.88 bits per heavy atom. The minimum Gasteiger partial charge on any atom is -0.494 e. The summed E-state index contributed by atoms with van der Waals surface area (Å²) in [6.45, 7) is 2.10. The van der Waals surface area contributed by atoms with Crippen LogP contribution in [-0.4, -0.2) is 52.7 Å². The molecule has 4 aromatic rings. The molecule has 9 nitrogen and oxygen atoms in total. The van der Waals surface area contributed by atoms with E-state index in [0.717, 1.165) is 55.1 Å². The van der Waals surface area contributed by atoms with Gasteiger partial charge in [-0.2, -0.15) is 5.26 Å². The number of hydrogen-bond acceptors (Lipinski definition) is 8. The predicted octanol–water partition coefficient (Wildman–Crippen LogP) is 4.87. The lowest BCUT2D eigenvalue weighted by Gasteiger charge is -2.31. The summed E-state index contributed by atoms with van der Waals surface area (Å²) in [5.41, 5.74) is 2.44. The number of methoxy groups -OCH3 is 2. The van der Waals surface area contributed by atoms with E-state index in [0.29, 0.717) is 29.3 Å². The maximum atomic E-state index is 14.2. The topological polar surface area (TPSA) is 102 Å². The molecule has 0 aliphatic carbocycles. The van der Waals surface area contributed by atoms with Gasteiger partial charge in [0.1, 0.15) is 41.4 Å². The summed E-state index contributed by atoms with van der Waals surface area (Å²) in [6, 6.07) is 12.3. The molecule has 2 aromatic heterocycles. The molecule has 0 saturated carbocycles. The summed E-state index contributed by atoms with van der Waals surface area (Å²) in [6.07, 6.45) is 1.76. The van der Waals surface area contributed by atoms with E-state index in [2.05, 4.69) is 9.88 Å². The molecule has 0 atom stereocenters. The molecule has 0 N–H and O–H groups in total. The van der Waals surface area contributed by atoms with Gasteiger partial charge in [0, 0.05) is 30.3 Å². The first-order valence-corrected chi connectivity index (χ1v) is 13.1. The van der Waals surface area contributed by atoms with Crippen molar-refractivity contribution in [3.63, 3.8) is 0 Å². The zero-order valence-electron chi connectivity index (χ0n) is 23.0. The Labute approximate surface area is 235 Å². The average Bonchev–Trinajstić information content (AvgIpc) is 3.31. The molecule has 0 bridgehead atoms. The van der Waals surface area contributed by atoms with Crippen LogP contribution in [-0.2, 0) is 24.9 Å². The van der Waals surface area contributed by atoms with Crippen molar-refractivity contribution in [3.05, 3.63) is 82.3 Å². The monoisotopic (exact) mass is 561 g/mol. The summed E-state index contributed by atoms with van der Waals surface area (Å²) >= 11 is 0. The largest absolute Gasteiger partial charge is 0.494 e. The third-order valence-corrected chi connectivity index (χ3v) is 7.43. The Balaban J connectivity index is 1.22. The number of hydrogen-bond donors (Lipinski definition) is 0. The molecule has 0 spiro atoms. The third-order valence-electron chi connectivity index (χ3n) is 7.43. The Kier molecular flexibility index (Phi) is 8.12. The fourth-order valence-corrected chi connectivity index (χ4v) is 5.10. The van der Waals surface area contributed by atoms with Gasteiger partial charge in [0.2, 0.25) is 5.88 Å². The predicted molar refractivity (Wildman–Crippen MR) is 145 cm³/mol. The zero-order valence-corrected chi connectivity index (χ0v) is 23.0. The number of carbonyl (C=O) groups is 1. The van der Waals surface area contributed by atoms with Gasteiger partial charge in [0.15, 0.2) is 0 Å². The number of aromatic nitrogens is 3. The lowest BCUT2D eigenvalue weighted by molar-refractivity contribution is 0.0600. The molecular weight excluding hydrogens is 532 g/mol. The number of pyridine rings is 1. The second-order valence-electron chi connectivity index (χ2n) is 9.90. The highest BCUT2D eigenvalue weighted by molar-refractivity contribution is 5.96. The summed E-state index contributed by atoms with van der Waals surface area (Å²) in [4.78, 5) is 23.9. The first-order chi connectivity index (χ1) is 19.8.